The molecule has 0 amide bonds. The van der Waals surface area contributed by atoms with Gasteiger partial charge in [-0.2, -0.15) is 0 Å². The molecule has 7 heteroatoms. The van der Waals surface area contributed by atoms with Gasteiger partial charge in [0.25, 0.3) is 10.0 Å². The average Bonchev–Trinajstić information content (AvgIpc) is 2.25. The number of hydrogen-bond acceptors (Lipinski definition) is 3. The van der Waals surface area contributed by atoms with Crippen LogP contribution in [0.15, 0.2) is 41.3 Å². The van der Waals surface area contributed by atoms with Crippen molar-refractivity contribution in [3.63, 3.8) is 0 Å². The van der Waals surface area contributed by atoms with Crippen molar-refractivity contribution in [1.82, 2.24) is 0 Å². The molecular formula is C13H12Cl2N2O2S. The largest absolute Gasteiger partial charge is 0.398 e. The second kappa shape index (κ2) is 5.52. The predicted octanol–water partition coefficient (Wildman–Crippen LogP) is 3.68. The number of nitrogen functional groups attached to an aromatic ring is 1. The van der Waals surface area contributed by atoms with Crippen LogP contribution in [0.1, 0.15) is 5.56 Å². The molecule has 0 aliphatic carbocycles. The van der Waals surface area contributed by atoms with Gasteiger partial charge in [-0.05, 0) is 36.8 Å². The van der Waals surface area contributed by atoms with Gasteiger partial charge < -0.3 is 5.73 Å². The van der Waals surface area contributed by atoms with Gasteiger partial charge in [0.2, 0.25) is 0 Å². The molecule has 2 rings (SSSR count). The highest BCUT2D eigenvalue weighted by Crippen LogP contribution is 2.27. The highest BCUT2D eigenvalue weighted by Gasteiger charge is 2.20. The van der Waals surface area contributed by atoms with Crippen molar-refractivity contribution in [2.45, 2.75) is 11.8 Å². The van der Waals surface area contributed by atoms with Gasteiger partial charge in [-0.25, -0.2) is 8.42 Å². The molecular weight excluding hydrogens is 319 g/mol. The number of halogens is 2. The molecule has 0 spiro atoms. The summed E-state index contributed by atoms with van der Waals surface area (Å²) in [5.74, 6) is 0. The molecule has 0 saturated carbocycles. The highest BCUT2D eigenvalue weighted by atomic mass is 35.5. The van der Waals surface area contributed by atoms with Crippen LogP contribution >= 0.6 is 23.2 Å². The molecule has 0 heterocycles. The Morgan fingerprint density at radius 3 is 2.25 bits per heavy atom. The van der Waals surface area contributed by atoms with Crippen molar-refractivity contribution in [3.05, 3.63) is 52.0 Å². The van der Waals surface area contributed by atoms with Gasteiger partial charge in [0.05, 0.1) is 11.4 Å². The third-order valence-corrected chi connectivity index (χ3v) is 4.66. The molecule has 0 aliphatic heterocycles. The maximum absolute atomic E-state index is 12.4. The van der Waals surface area contributed by atoms with Crippen molar-refractivity contribution < 1.29 is 8.42 Å². The Morgan fingerprint density at radius 1 is 1.10 bits per heavy atom. The number of rotatable bonds is 3. The second-order valence-electron chi connectivity index (χ2n) is 4.26. The molecule has 106 valence electrons. The van der Waals surface area contributed by atoms with E-state index >= 15 is 0 Å². The van der Waals surface area contributed by atoms with Gasteiger partial charge in [-0.15, -0.1) is 0 Å². The first-order chi connectivity index (χ1) is 9.29. The summed E-state index contributed by atoms with van der Waals surface area (Å²) < 4.78 is 27.2. The van der Waals surface area contributed by atoms with Gasteiger partial charge in [-0.1, -0.05) is 35.3 Å². The average molecular weight is 331 g/mol. The van der Waals surface area contributed by atoms with Crippen LogP contribution in [0.4, 0.5) is 11.4 Å². The lowest BCUT2D eigenvalue weighted by atomic mass is 10.2. The molecule has 20 heavy (non-hydrogen) atoms. The van der Waals surface area contributed by atoms with Crippen LogP contribution < -0.4 is 10.5 Å². The van der Waals surface area contributed by atoms with Gasteiger partial charge in [0, 0.05) is 10.0 Å². The van der Waals surface area contributed by atoms with E-state index in [9.17, 15) is 8.42 Å². The van der Waals surface area contributed by atoms with Gasteiger partial charge >= 0.3 is 0 Å². The fourth-order valence-corrected chi connectivity index (χ4v) is 3.79. The predicted molar refractivity (Wildman–Crippen MR) is 82.9 cm³/mol. The Labute approximate surface area is 127 Å². The number of nitrogens with two attached hydrogens (primary N) is 1. The summed E-state index contributed by atoms with van der Waals surface area (Å²) >= 11 is 11.7. The minimum atomic E-state index is -3.80. The molecule has 0 radical (unpaired) electrons. The number of sulfonamides is 1. The van der Waals surface area contributed by atoms with Crippen LogP contribution in [0.25, 0.3) is 0 Å². The quantitative estimate of drug-likeness (QED) is 0.843. The minimum Gasteiger partial charge on any atom is -0.398 e. The first-order valence-corrected chi connectivity index (χ1v) is 7.87. The Hall–Kier alpha value is -1.43. The molecule has 2 aromatic carbocycles. The molecule has 0 saturated heterocycles. The van der Waals surface area contributed by atoms with Crippen molar-refractivity contribution in [3.8, 4) is 0 Å². The first kappa shape index (κ1) is 15.0. The lowest BCUT2D eigenvalue weighted by Gasteiger charge is -2.13. The smallest absolute Gasteiger partial charge is 0.264 e. The Kier molecular flexibility index (Phi) is 4.13. The summed E-state index contributed by atoms with van der Waals surface area (Å²) in [7, 11) is -3.80. The van der Waals surface area contributed by atoms with E-state index in [1.807, 2.05) is 0 Å². The van der Waals surface area contributed by atoms with Crippen LogP contribution in [-0.2, 0) is 10.0 Å². The van der Waals surface area contributed by atoms with E-state index in [2.05, 4.69) is 4.72 Å². The zero-order chi connectivity index (χ0) is 14.9. The molecule has 0 bridgehead atoms. The van der Waals surface area contributed by atoms with E-state index in [4.69, 9.17) is 28.9 Å². The molecule has 3 N–H and O–H groups in total. The van der Waals surface area contributed by atoms with Crippen LogP contribution in [0.5, 0.6) is 0 Å². The van der Waals surface area contributed by atoms with E-state index in [0.29, 0.717) is 15.6 Å². The van der Waals surface area contributed by atoms with E-state index < -0.39 is 10.0 Å². The van der Waals surface area contributed by atoms with Crippen molar-refractivity contribution in [2.24, 2.45) is 0 Å². The van der Waals surface area contributed by atoms with Crippen molar-refractivity contribution in [2.75, 3.05) is 10.5 Å². The first-order valence-electron chi connectivity index (χ1n) is 5.63. The molecule has 4 nitrogen and oxygen atoms in total. The van der Waals surface area contributed by atoms with E-state index in [0.717, 1.165) is 0 Å². The number of aryl methyl sites for hydroxylation is 1. The van der Waals surface area contributed by atoms with Gasteiger partial charge in [-0.3, -0.25) is 4.72 Å². The lowest BCUT2D eigenvalue weighted by Crippen LogP contribution is -2.16. The van der Waals surface area contributed by atoms with Gasteiger partial charge in [0.15, 0.2) is 0 Å². The topological polar surface area (TPSA) is 72.2 Å². The summed E-state index contributed by atoms with van der Waals surface area (Å²) in [4.78, 5) is 0.0519. The van der Waals surface area contributed by atoms with Crippen LogP contribution in [0.2, 0.25) is 10.0 Å². The highest BCUT2D eigenvalue weighted by molar-refractivity contribution is 7.93. The normalized spacial score (nSPS) is 11.3. The molecule has 0 fully saturated rings. The van der Waals surface area contributed by atoms with Crippen LogP contribution in [0.3, 0.4) is 0 Å². The summed E-state index contributed by atoms with van der Waals surface area (Å²) in [5.41, 5.74) is 6.78. The van der Waals surface area contributed by atoms with Gasteiger partial charge in [0.1, 0.15) is 4.90 Å². The SMILES string of the molecule is Cc1cccc(N)c1S(=O)(=O)Nc1cc(Cl)cc(Cl)c1. The zero-order valence-corrected chi connectivity index (χ0v) is 12.9. The number of benzene rings is 2. The Balaban J connectivity index is 2.46. The molecule has 0 atom stereocenters. The Bertz CT molecular complexity index is 720. The maximum atomic E-state index is 12.4. The van der Waals surface area contributed by atoms with Crippen LogP contribution in [-0.4, -0.2) is 8.42 Å². The van der Waals surface area contributed by atoms with Crippen molar-refractivity contribution >= 4 is 44.6 Å². The van der Waals surface area contributed by atoms with Crippen molar-refractivity contribution in [1.29, 1.82) is 0 Å². The second-order valence-corrected chi connectivity index (χ2v) is 6.75. The third kappa shape index (κ3) is 3.17. The van der Waals surface area contributed by atoms with Crippen LogP contribution in [0, 0.1) is 6.92 Å². The molecule has 2 aromatic rings. The number of nitrogens with one attached hydrogen (secondary N) is 1. The lowest BCUT2D eigenvalue weighted by molar-refractivity contribution is 0.601. The fraction of sp³-hybridized carbons (Fsp3) is 0.0769. The minimum absolute atomic E-state index is 0.0519. The number of anilines is 2. The summed E-state index contributed by atoms with van der Waals surface area (Å²) in [5, 5.41) is 0.681. The third-order valence-electron chi connectivity index (χ3n) is 2.63. The molecule has 0 aromatic heterocycles. The number of hydrogen-bond donors (Lipinski definition) is 2. The van der Waals surface area contributed by atoms with E-state index in [-0.39, 0.29) is 16.3 Å². The summed E-state index contributed by atoms with van der Waals surface area (Å²) in [6, 6.07) is 9.37. The monoisotopic (exact) mass is 330 g/mol. The van der Waals surface area contributed by atoms with E-state index in [1.165, 1.54) is 24.3 Å². The summed E-state index contributed by atoms with van der Waals surface area (Å²) in [6.45, 7) is 1.68. The zero-order valence-electron chi connectivity index (χ0n) is 10.5. The Morgan fingerprint density at radius 2 is 1.70 bits per heavy atom. The fourth-order valence-electron chi connectivity index (χ4n) is 1.86. The molecule has 0 unspecified atom stereocenters. The molecule has 0 aliphatic rings. The van der Waals surface area contributed by atoms with E-state index in [1.54, 1.807) is 19.1 Å². The standard InChI is InChI=1S/C13H12Cl2N2O2S/c1-8-3-2-4-12(16)13(8)20(18,19)17-11-6-9(14)5-10(15)7-11/h2-7,17H,16H2,1H3. The summed E-state index contributed by atoms with van der Waals surface area (Å²) in [6.07, 6.45) is 0. The maximum Gasteiger partial charge on any atom is 0.264 e.